The number of hydrogen-bond donors (Lipinski definition) is 1. The number of likely N-dealkylation sites (N-methyl/N-ethyl adjacent to an activating group) is 1. The number of amides is 3. The molecule has 1 saturated heterocycles. The highest BCUT2D eigenvalue weighted by molar-refractivity contribution is 9.10. The van der Waals surface area contributed by atoms with E-state index in [4.69, 9.17) is 0 Å². The minimum atomic E-state index is -0.606. The van der Waals surface area contributed by atoms with Crippen LogP contribution < -0.4 is 5.32 Å². The van der Waals surface area contributed by atoms with Crippen molar-refractivity contribution in [2.75, 3.05) is 26.2 Å². The third-order valence-corrected chi connectivity index (χ3v) is 6.53. The number of likely N-dealkylation sites (tertiary alicyclic amines) is 1. The average Bonchev–Trinajstić information content (AvgIpc) is 2.83. The van der Waals surface area contributed by atoms with Crippen LogP contribution in [0.15, 0.2) is 59.1 Å². The van der Waals surface area contributed by atoms with E-state index in [9.17, 15) is 14.4 Å². The molecule has 0 aromatic heterocycles. The van der Waals surface area contributed by atoms with E-state index in [2.05, 4.69) is 21.2 Å². The molecule has 1 atom stereocenters. The monoisotopic (exact) mass is 499 g/mol. The summed E-state index contributed by atoms with van der Waals surface area (Å²) in [5, 5.41) is 3.00. The van der Waals surface area contributed by atoms with Gasteiger partial charge in [0, 0.05) is 41.8 Å². The first-order valence-corrected chi connectivity index (χ1v) is 11.9. The second-order valence-corrected chi connectivity index (χ2v) is 8.88. The van der Waals surface area contributed by atoms with Crippen molar-refractivity contribution >= 4 is 33.7 Å². The predicted molar refractivity (Wildman–Crippen MR) is 128 cm³/mol. The van der Waals surface area contributed by atoms with Gasteiger partial charge < -0.3 is 15.1 Å². The number of rotatable bonds is 7. The van der Waals surface area contributed by atoms with Crippen molar-refractivity contribution in [1.82, 2.24) is 15.1 Å². The molecular formula is C25H30BrN3O3. The molecule has 3 rings (SSSR count). The topological polar surface area (TPSA) is 69.7 Å². The van der Waals surface area contributed by atoms with Gasteiger partial charge in [-0.15, -0.1) is 0 Å². The summed E-state index contributed by atoms with van der Waals surface area (Å²) in [6.07, 6.45) is 1.32. The molecular weight excluding hydrogens is 470 g/mol. The van der Waals surface area contributed by atoms with Gasteiger partial charge in [0.25, 0.3) is 11.8 Å². The first-order valence-electron chi connectivity index (χ1n) is 11.1. The first kappa shape index (κ1) is 24.0. The second kappa shape index (κ2) is 11.3. The Morgan fingerprint density at radius 3 is 2.22 bits per heavy atom. The average molecular weight is 500 g/mol. The molecule has 0 radical (unpaired) electrons. The van der Waals surface area contributed by atoms with Crippen molar-refractivity contribution in [1.29, 1.82) is 0 Å². The highest BCUT2D eigenvalue weighted by Gasteiger charge is 2.35. The Hall–Kier alpha value is -2.67. The summed E-state index contributed by atoms with van der Waals surface area (Å²) in [5.41, 5.74) is 1.18. The van der Waals surface area contributed by atoms with Gasteiger partial charge in [0.15, 0.2) is 0 Å². The summed E-state index contributed by atoms with van der Waals surface area (Å²) in [4.78, 5) is 42.6. The molecule has 2 aromatic rings. The van der Waals surface area contributed by atoms with Crippen LogP contribution in [0.1, 0.15) is 47.4 Å². The van der Waals surface area contributed by atoms with Gasteiger partial charge in [-0.25, -0.2) is 0 Å². The van der Waals surface area contributed by atoms with Gasteiger partial charge in [-0.1, -0.05) is 40.2 Å². The summed E-state index contributed by atoms with van der Waals surface area (Å²) in [6, 6.07) is 15.7. The van der Waals surface area contributed by atoms with Gasteiger partial charge in [0.05, 0.1) is 0 Å². The SMILES string of the molecule is CCN(CC)C(=O)C(NC(=O)c1ccccc1)C1CCN(C(=O)c2cccc(Br)c2)CC1. The standard InChI is InChI=1S/C25H30BrN3O3/c1-3-28(4-2)25(32)22(27-23(30)19-9-6-5-7-10-19)18-13-15-29(16-14-18)24(31)20-11-8-12-21(26)17-20/h5-12,17-18,22H,3-4,13-16H2,1-2H3,(H,27,30). The van der Waals surface area contributed by atoms with Crippen molar-refractivity contribution in [2.45, 2.75) is 32.7 Å². The molecule has 6 nitrogen and oxygen atoms in total. The minimum absolute atomic E-state index is 0.00955. The lowest BCUT2D eigenvalue weighted by atomic mass is 9.87. The minimum Gasteiger partial charge on any atom is -0.341 e. The lowest BCUT2D eigenvalue weighted by Gasteiger charge is -2.37. The smallest absolute Gasteiger partial charge is 0.253 e. The van der Waals surface area contributed by atoms with E-state index in [0.29, 0.717) is 50.1 Å². The van der Waals surface area contributed by atoms with E-state index < -0.39 is 6.04 Å². The zero-order chi connectivity index (χ0) is 23.1. The Kier molecular flexibility index (Phi) is 8.45. The highest BCUT2D eigenvalue weighted by Crippen LogP contribution is 2.24. The molecule has 1 aliphatic rings. The summed E-state index contributed by atoms with van der Waals surface area (Å²) < 4.78 is 0.867. The number of piperidine rings is 1. The van der Waals surface area contributed by atoms with Gasteiger partial charge in [-0.2, -0.15) is 0 Å². The largest absolute Gasteiger partial charge is 0.341 e. The maximum atomic E-state index is 13.3. The number of nitrogens with zero attached hydrogens (tertiary/aromatic N) is 2. The number of carbonyl (C=O) groups excluding carboxylic acids is 3. The Labute approximate surface area is 198 Å². The molecule has 2 aromatic carbocycles. The van der Waals surface area contributed by atoms with Crippen LogP contribution in [0.25, 0.3) is 0 Å². The molecule has 170 valence electrons. The van der Waals surface area contributed by atoms with Crippen LogP contribution in [0, 0.1) is 5.92 Å². The zero-order valence-corrected chi connectivity index (χ0v) is 20.2. The van der Waals surface area contributed by atoms with Crippen LogP contribution in [0.2, 0.25) is 0 Å². The Morgan fingerprint density at radius 2 is 1.62 bits per heavy atom. The zero-order valence-electron chi connectivity index (χ0n) is 18.6. The molecule has 1 heterocycles. The van der Waals surface area contributed by atoms with Gasteiger partial charge in [-0.3, -0.25) is 14.4 Å². The summed E-state index contributed by atoms with van der Waals surface area (Å²) in [5.74, 6) is -0.341. The quantitative estimate of drug-likeness (QED) is 0.626. The molecule has 0 spiro atoms. The van der Waals surface area contributed by atoms with Crippen molar-refractivity contribution in [3.8, 4) is 0 Å². The van der Waals surface area contributed by atoms with Crippen molar-refractivity contribution in [3.63, 3.8) is 0 Å². The van der Waals surface area contributed by atoms with Crippen LogP contribution in [0.3, 0.4) is 0 Å². The fourth-order valence-corrected chi connectivity index (χ4v) is 4.57. The van der Waals surface area contributed by atoms with E-state index in [0.717, 1.165) is 4.47 Å². The number of hydrogen-bond acceptors (Lipinski definition) is 3. The number of nitrogens with one attached hydrogen (secondary N) is 1. The number of halogens is 1. The molecule has 0 saturated carbocycles. The van der Waals surface area contributed by atoms with Crippen molar-refractivity contribution in [2.24, 2.45) is 5.92 Å². The first-order chi connectivity index (χ1) is 15.4. The van der Waals surface area contributed by atoms with E-state index in [1.807, 2.05) is 61.2 Å². The maximum absolute atomic E-state index is 13.3. The maximum Gasteiger partial charge on any atom is 0.253 e. The van der Waals surface area contributed by atoms with E-state index in [1.165, 1.54) is 0 Å². The van der Waals surface area contributed by atoms with Gasteiger partial charge >= 0.3 is 0 Å². The normalized spacial score (nSPS) is 15.2. The molecule has 0 aliphatic carbocycles. The summed E-state index contributed by atoms with van der Waals surface area (Å²) in [6.45, 7) is 6.17. The van der Waals surface area contributed by atoms with Crippen LogP contribution in [-0.2, 0) is 4.79 Å². The number of benzene rings is 2. The second-order valence-electron chi connectivity index (χ2n) is 7.97. The molecule has 32 heavy (non-hydrogen) atoms. The third kappa shape index (κ3) is 5.76. The molecule has 1 unspecified atom stereocenters. The summed E-state index contributed by atoms with van der Waals surface area (Å²) in [7, 11) is 0. The van der Waals surface area contributed by atoms with Gasteiger partial charge in [-0.05, 0) is 62.9 Å². The van der Waals surface area contributed by atoms with Crippen molar-refractivity contribution < 1.29 is 14.4 Å². The Morgan fingerprint density at radius 1 is 1.00 bits per heavy atom. The van der Waals surface area contributed by atoms with E-state index in [-0.39, 0.29) is 23.6 Å². The molecule has 3 amide bonds. The Balaban J connectivity index is 1.72. The van der Waals surface area contributed by atoms with Gasteiger partial charge in [0.1, 0.15) is 6.04 Å². The van der Waals surface area contributed by atoms with Crippen LogP contribution in [0.5, 0.6) is 0 Å². The molecule has 1 N–H and O–H groups in total. The van der Waals surface area contributed by atoms with Crippen LogP contribution >= 0.6 is 15.9 Å². The van der Waals surface area contributed by atoms with Gasteiger partial charge in [0.2, 0.25) is 5.91 Å². The lowest BCUT2D eigenvalue weighted by Crippen LogP contribution is -2.54. The molecule has 0 bridgehead atoms. The predicted octanol–water partition coefficient (Wildman–Crippen LogP) is 3.97. The van der Waals surface area contributed by atoms with Crippen molar-refractivity contribution in [3.05, 3.63) is 70.2 Å². The molecule has 7 heteroatoms. The highest BCUT2D eigenvalue weighted by atomic mass is 79.9. The van der Waals surface area contributed by atoms with Crippen LogP contribution in [-0.4, -0.2) is 59.7 Å². The van der Waals surface area contributed by atoms with Crippen LogP contribution in [0.4, 0.5) is 0 Å². The van der Waals surface area contributed by atoms with E-state index >= 15 is 0 Å². The number of carbonyl (C=O) groups is 3. The third-order valence-electron chi connectivity index (χ3n) is 6.03. The fraction of sp³-hybridized carbons (Fsp3) is 0.400. The molecule has 1 aliphatic heterocycles. The van der Waals surface area contributed by atoms with E-state index in [1.54, 1.807) is 17.0 Å². The Bertz CT molecular complexity index is 938. The fourth-order valence-electron chi connectivity index (χ4n) is 4.17. The molecule has 1 fully saturated rings. The summed E-state index contributed by atoms with van der Waals surface area (Å²) >= 11 is 3.42. The lowest BCUT2D eigenvalue weighted by molar-refractivity contribution is -0.134.